The highest BCUT2D eigenvalue weighted by Gasteiger charge is 2.15. The van der Waals surface area contributed by atoms with Gasteiger partial charge in [-0.05, 0) is 79.4 Å². The number of aliphatic hydroxyl groups excluding tert-OH is 3. The monoisotopic (exact) mass is 940 g/mol. The van der Waals surface area contributed by atoms with Gasteiger partial charge in [0.05, 0.1) is 62.7 Å². The van der Waals surface area contributed by atoms with E-state index in [0.29, 0.717) is 82.2 Å². The van der Waals surface area contributed by atoms with Gasteiger partial charge in [0.1, 0.15) is 28.0 Å². The molecular weight excluding hydrogens is 887 g/mol. The third kappa shape index (κ3) is 15.7. The summed E-state index contributed by atoms with van der Waals surface area (Å²) in [4.78, 5) is 37.6. The average Bonchev–Trinajstić information content (AvgIpc) is 3.33. The molecule has 1 aromatic carbocycles. The first-order valence-corrected chi connectivity index (χ1v) is 21.1. The van der Waals surface area contributed by atoms with Gasteiger partial charge < -0.3 is 52.2 Å². The molecule has 19 nitrogen and oxygen atoms in total. The number of halogens is 2. The topological polar surface area (TPSA) is 283 Å². The molecule has 10 N–H and O–H groups in total. The first-order valence-electron chi connectivity index (χ1n) is 20.3. The number of nitrogens with zero attached hydrogens (tertiary/aromatic N) is 9. The molecule has 0 aliphatic rings. The van der Waals surface area contributed by atoms with Gasteiger partial charge in [-0.2, -0.15) is 9.97 Å². The molecule has 0 bridgehead atoms. The quantitative estimate of drug-likeness (QED) is 0.0271. The van der Waals surface area contributed by atoms with Crippen LogP contribution in [0, 0.1) is 0 Å². The number of pyridine rings is 3. The van der Waals surface area contributed by atoms with Crippen LogP contribution >= 0.6 is 23.2 Å². The zero-order chi connectivity index (χ0) is 47.8. The molecule has 0 aliphatic heterocycles. The van der Waals surface area contributed by atoms with Crippen LogP contribution in [-0.4, -0.2) is 112 Å². The number of ether oxygens (including phenoxy) is 2. The molecule has 21 heteroatoms. The Hall–Kier alpha value is -6.87. The predicted molar refractivity (Wildman–Crippen MR) is 262 cm³/mol. The molecule has 0 aliphatic carbocycles. The van der Waals surface area contributed by atoms with Gasteiger partial charge in [0.2, 0.25) is 17.2 Å². The predicted octanol–water partition coefficient (Wildman–Crippen LogP) is 6.17. The van der Waals surface area contributed by atoms with Crippen LogP contribution in [0.4, 0.5) is 23.5 Å². The Morgan fingerprint density at radius 1 is 0.667 bits per heavy atom. The summed E-state index contributed by atoms with van der Waals surface area (Å²) >= 11 is 11.4. The van der Waals surface area contributed by atoms with Crippen LogP contribution < -0.4 is 36.9 Å². The number of rotatable bonds is 18. The minimum atomic E-state index is -0.206. The first kappa shape index (κ1) is 51.8. The van der Waals surface area contributed by atoms with Crippen molar-refractivity contribution in [1.29, 1.82) is 0 Å². The highest BCUT2D eigenvalue weighted by molar-refractivity contribution is 6.35. The van der Waals surface area contributed by atoms with E-state index in [4.69, 9.17) is 49.2 Å². The Bertz CT molecular complexity index is 2650. The number of nitrogens with one attached hydrogen (secondary N) is 3. The van der Waals surface area contributed by atoms with E-state index in [0.717, 1.165) is 11.3 Å². The lowest BCUT2D eigenvalue weighted by atomic mass is 10.2. The van der Waals surface area contributed by atoms with Gasteiger partial charge in [-0.15, -0.1) is 19.7 Å². The Kier molecular flexibility index (Phi) is 21.5. The number of hydrogen-bond donors (Lipinski definition) is 8. The second kappa shape index (κ2) is 27.5. The van der Waals surface area contributed by atoms with Crippen LogP contribution in [0.25, 0.3) is 33.1 Å². The average molecular weight is 942 g/mol. The molecular formula is C45H54Cl2N14O5. The molecule has 0 amide bonds. The number of nitrogen functional groups attached to an aromatic ring is 1. The molecule has 0 unspecified atom stereocenters. The summed E-state index contributed by atoms with van der Waals surface area (Å²) < 4.78 is 10.7. The molecule has 6 heterocycles. The third-order valence-corrected chi connectivity index (χ3v) is 9.40. The van der Waals surface area contributed by atoms with Gasteiger partial charge in [0.15, 0.2) is 16.8 Å². The van der Waals surface area contributed by atoms with Crippen molar-refractivity contribution < 1.29 is 24.8 Å². The molecule has 66 heavy (non-hydrogen) atoms. The fraction of sp³-hybridized carbons (Fsp3) is 0.267. The number of benzene rings is 1. The third-order valence-electron chi connectivity index (χ3n) is 8.97. The van der Waals surface area contributed by atoms with Crippen molar-refractivity contribution in [3.8, 4) is 11.5 Å². The Morgan fingerprint density at radius 3 is 1.73 bits per heavy atom. The van der Waals surface area contributed by atoms with Crippen LogP contribution in [0.3, 0.4) is 0 Å². The van der Waals surface area contributed by atoms with E-state index >= 15 is 0 Å². The molecule has 0 saturated carbocycles. The summed E-state index contributed by atoms with van der Waals surface area (Å²) in [5.41, 5.74) is 15.7. The molecule has 0 radical (unpaired) electrons. The molecule has 6 aromatic heterocycles. The normalized spacial score (nSPS) is 11.8. The SMILES string of the molecule is C=CC[C@@H](N)CO.C=CC[C@H](CO)Nc1nc(N)nc2cccnc12.C=CC[C@H](CO)Nc1nc(NCc2ccc(OC)cc2OC)nc2cccnc12.Clc1nc(Cl)c2ncccc2n1. The number of aromatic nitrogens is 9. The second-order valence-corrected chi connectivity index (χ2v) is 14.5. The van der Waals surface area contributed by atoms with Crippen LogP contribution in [-0.2, 0) is 6.54 Å². The van der Waals surface area contributed by atoms with Crippen molar-refractivity contribution in [3.05, 3.63) is 127 Å². The molecule has 7 aromatic rings. The first-order chi connectivity index (χ1) is 32.0. The summed E-state index contributed by atoms with van der Waals surface area (Å²) in [6.45, 7) is 11.3. The number of aliphatic hydroxyl groups is 3. The van der Waals surface area contributed by atoms with E-state index in [2.05, 4.69) is 80.5 Å². The van der Waals surface area contributed by atoms with Crippen LogP contribution in [0.5, 0.6) is 11.5 Å². The van der Waals surface area contributed by atoms with Crippen molar-refractivity contribution in [2.45, 2.75) is 43.9 Å². The molecule has 0 saturated heterocycles. The minimum absolute atomic E-state index is 0.0236. The molecule has 348 valence electrons. The lowest BCUT2D eigenvalue weighted by Gasteiger charge is -2.17. The largest absolute Gasteiger partial charge is 0.497 e. The van der Waals surface area contributed by atoms with Gasteiger partial charge in [-0.3, -0.25) is 15.0 Å². The Balaban J connectivity index is 0.000000218. The van der Waals surface area contributed by atoms with Gasteiger partial charge >= 0.3 is 0 Å². The van der Waals surface area contributed by atoms with Crippen molar-refractivity contribution in [1.82, 2.24) is 44.9 Å². The number of nitrogens with two attached hydrogens (primary N) is 2. The van der Waals surface area contributed by atoms with Gasteiger partial charge in [-0.1, -0.05) is 29.8 Å². The van der Waals surface area contributed by atoms with Crippen molar-refractivity contribution in [3.63, 3.8) is 0 Å². The summed E-state index contributed by atoms with van der Waals surface area (Å²) in [6, 6.07) is 16.0. The van der Waals surface area contributed by atoms with Crippen molar-refractivity contribution >= 4 is 79.8 Å². The highest BCUT2D eigenvalue weighted by atomic mass is 35.5. The highest BCUT2D eigenvalue weighted by Crippen LogP contribution is 2.27. The minimum Gasteiger partial charge on any atom is -0.497 e. The fourth-order valence-electron chi connectivity index (χ4n) is 5.75. The summed E-state index contributed by atoms with van der Waals surface area (Å²) in [5.74, 6) is 3.14. The van der Waals surface area contributed by atoms with Gasteiger partial charge in [0.25, 0.3) is 0 Å². The molecule has 0 spiro atoms. The maximum absolute atomic E-state index is 9.60. The number of fused-ring (bicyclic) bond motifs is 3. The Morgan fingerprint density at radius 2 is 1.21 bits per heavy atom. The summed E-state index contributed by atoms with van der Waals surface area (Å²) in [6.07, 6.45) is 12.1. The molecule has 7 rings (SSSR count). The van der Waals surface area contributed by atoms with Crippen LogP contribution in [0.15, 0.2) is 111 Å². The zero-order valence-corrected chi connectivity index (χ0v) is 38.1. The van der Waals surface area contributed by atoms with Crippen LogP contribution in [0.2, 0.25) is 10.4 Å². The number of anilines is 4. The van der Waals surface area contributed by atoms with E-state index in [-0.39, 0.29) is 54.3 Å². The maximum Gasteiger partial charge on any atom is 0.225 e. The lowest BCUT2D eigenvalue weighted by molar-refractivity contribution is 0.266. The van der Waals surface area contributed by atoms with E-state index in [1.807, 2.05) is 36.4 Å². The standard InChI is InChI=1S/C21H25N5O3.C12H15N5O.C7H3Cl2N3.C5H11NO/c1-4-6-15(13-27)24-20-19-17(7-5-10-22-19)25-21(26-20)23-12-14-8-9-16(28-2)11-18(14)29-3;1-2-4-8(7-18)15-11-10-9(5-3-6-14-10)16-12(13)17-11;8-6-5-4(2-1-3-10-5)11-7(9)12-6;1-2-3-5(6)4-7/h4-5,7-11,15,27H,1,6,12-13H2,2-3H3,(H2,23,24,25,26);2-3,5-6,8,18H,1,4,7H2,(H3,13,15,16,17);1-3H;2,5,7H,1,3-4,6H2/t15-;8-;;5-/m11.1/s1. The summed E-state index contributed by atoms with van der Waals surface area (Å²) in [5, 5.41) is 37.1. The zero-order valence-electron chi connectivity index (χ0n) is 36.6. The van der Waals surface area contributed by atoms with E-state index in [1.54, 1.807) is 69.2 Å². The van der Waals surface area contributed by atoms with Gasteiger partial charge in [0, 0.05) is 42.8 Å². The fourth-order valence-corrected chi connectivity index (χ4v) is 6.19. The second-order valence-electron chi connectivity index (χ2n) is 13.8. The molecule has 0 fully saturated rings. The summed E-state index contributed by atoms with van der Waals surface area (Å²) in [7, 11) is 3.23. The molecule has 3 atom stereocenters. The number of hydrogen-bond acceptors (Lipinski definition) is 19. The van der Waals surface area contributed by atoms with Crippen molar-refractivity contribution in [2.75, 3.05) is 55.7 Å². The van der Waals surface area contributed by atoms with E-state index in [1.165, 1.54) is 0 Å². The maximum atomic E-state index is 9.60. The van der Waals surface area contributed by atoms with Crippen molar-refractivity contribution in [2.24, 2.45) is 5.73 Å². The van der Waals surface area contributed by atoms with E-state index < -0.39 is 0 Å². The number of methoxy groups -OCH3 is 2. The van der Waals surface area contributed by atoms with Gasteiger partial charge in [-0.25, -0.2) is 19.9 Å². The Labute approximate surface area is 392 Å². The van der Waals surface area contributed by atoms with Crippen LogP contribution in [0.1, 0.15) is 24.8 Å². The smallest absolute Gasteiger partial charge is 0.225 e. The van der Waals surface area contributed by atoms with E-state index in [9.17, 15) is 10.2 Å². The lowest BCUT2D eigenvalue weighted by Crippen LogP contribution is -2.24.